The molecule has 4 nitrogen and oxygen atoms in total. The van der Waals surface area contributed by atoms with Crippen molar-refractivity contribution in [3.05, 3.63) is 0 Å². The van der Waals surface area contributed by atoms with Crippen molar-refractivity contribution < 1.29 is 9.53 Å². The minimum Gasteiger partial charge on any atom is -0.444 e. The second kappa shape index (κ2) is 8.91. The maximum atomic E-state index is 12.0. The van der Waals surface area contributed by atoms with Gasteiger partial charge in [-0.3, -0.25) is 0 Å². The zero-order valence-corrected chi connectivity index (χ0v) is 16.2. The lowest BCUT2D eigenvalue weighted by atomic mass is 9.79. The number of hydrogen-bond acceptors (Lipinski definition) is 3. The number of carbonyl (C=O) groups is 1. The standard InChI is InChI=1S/C19H38N2O2/c1-13(2)15-8-10-16(11-9-15)20-12-17(14(3)4)21-18(22)23-19(5,6)7/h13-17,20H,8-12H2,1-7H3,(H,21,22). The van der Waals surface area contributed by atoms with Gasteiger partial charge in [0.15, 0.2) is 0 Å². The van der Waals surface area contributed by atoms with E-state index in [0.29, 0.717) is 12.0 Å². The molecule has 0 heterocycles. The molecule has 1 aliphatic carbocycles. The minimum absolute atomic E-state index is 0.104. The van der Waals surface area contributed by atoms with Gasteiger partial charge in [0.1, 0.15) is 5.60 Å². The predicted octanol–water partition coefficient (Wildman–Crippen LogP) is 4.34. The molecule has 0 aromatic heterocycles. The molecule has 23 heavy (non-hydrogen) atoms. The first-order valence-electron chi connectivity index (χ1n) is 9.31. The van der Waals surface area contributed by atoms with E-state index in [4.69, 9.17) is 4.74 Å². The van der Waals surface area contributed by atoms with E-state index in [0.717, 1.165) is 18.4 Å². The van der Waals surface area contributed by atoms with Crippen molar-refractivity contribution in [2.75, 3.05) is 6.54 Å². The fourth-order valence-electron chi connectivity index (χ4n) is 3.20. The first kappa shape index (κ1) is 20.3. The van der Waals surface area contributed by atoms with Gasteiger partial charge in [0.25, 0.3) is 0 Å². The molecule has 1 rings (SSSR count). The summed E-state index contributed by atoms with van der Waals surface area (Å²) in [6.07, 6.45) is 4.82. The largest absolute Gasteiger partial charge is 0.444 e. The fraction of sp³-hybridized carbons (Fsp3) is 0.947. The zero-order chi connectivity index (χ0) is 17.6. The highest BCUT2D eigenvalue weighted by atomic mass is 16.6. The Hall–Kier alpha value is -0.770. The van der Waals surface area contributed by atoms with Crippen molar-refractivity contribution in [2.45, 2.75) is 91.8 Å². The molecule has 1 atom stereocenters. The van der Waals surface area contributed by atoms with Gasteiger partial charge in [-0.15, -0.1) is 0 Å². The van der Waals surface area contributed by atoms with E-state index in [1.807, 2.05) is 20.8 Å². The summed E-state index contributed by atoms with van der Waals surface area (Å²) in [5.74, 6) is 2.06. The molecule has 0 radical (unpaired) electrons. The minimum atomic E-state index is -0.450. The first-order valence-corrected chi connectivity index (χ1v) is 9.31. The summed E-state index contributed by atoms with van der Waals surface area (Å²) in [6, 6.07) is 0.694. The van der Waals surface area contributed by atoms with Gasteiger partial charge in [-0.05, 0) is 64.2 Å². The van der Waals surface area contributed by atoms with Crippen LogP contribution in [0.1, 0.15) is 74.1 Å². The number of ether oxygens (including phenoxy) is 1. The van der Waals surface area contributed by atoms with E-state index < -0.39 is 5.60 Å². The SMILES string of the molecule is CC(C)C1CCC(NCC(NC(=O)OC(C)(C)C)C(C)C)CC1. The van der Waals surface area contributed by atoms with Crippen molar-refractivity contribution in [3.8, 4) is 0 Å². The van der Waals surface area contributed by atoms with E-state index in [1.54, 1.807) is 0 Å². The van der Waals surface area contributed by atoms with Crippen LogP contribution in [0.5, 0.6) is 0 Å². The Morgan fingerprint density at radius 1 is 1.09 bits per heavy atom. The van der Waals surface area contributed by atoms with E-state index >= 15 is 0 Å². The quantitative estimate of drug-likeness (QED) is 0.763. The summed E-state index contributed by atoms with van der Waals surface area (Å²) >= 11 is 0. The van der Waals surface area contributed by atoms with Crippen LogP contribution in [-0.2, 0) is 4.74 Å². The normalized spacial score (nSPS) is 23.9. The third kappa shape index (κ3) is 8.05. The Morgan fingerprint density at radius 3 is 2.09 bits per heavy atom. The van der Waals surface area contributed by atoms with Gasteiger partial charge < -0.3 is 15.4 Å². The van der Waals surface area contributed by atoms with Crippen LogP contribution in [0.25, 0.3) is 0 Å². The Kier molecular flexibility index (Phi) is 7.85. The van der Waals surface area contributed by atoms with Crippen molar-refractivity contribution >= 4 is 6.09 Å². The maximum absolute atomic E-state index is 12.0. The zero-order valence-electron chi connectivity index (χ0n) is 16.2. The van der Waals surface area contributed by atoms with E-state index in [-0.39, 0.29) is 12.1 Å². The molecule has 2 N–H and O–H groups in total. The van der Waals surface area contributed by atoms with Crippen LogP contribution in [0.15, 0.2) is 0 Å². The van der Waals surface area contributed by atoms with Crippen molar-refractivity contribution in [1.82, 2.24) is 10.6 Å². The Bertz CT molecular complexity index is 353. The second-order valence-corrected chi connectivity index (χ2v) is 8.76. The number of hydrogen-bond donors (Lipinski definition) is 2. The monoisotopic (exact) mass is 326 g/mol. The molecule has 1 amide bonds. The molecule has 136 valence electrons. The van der Waals surface area contributed by atoms with E-state index in [1.165, 1.54) is 25.7 Å². The molecule has 1 saturated carbocycles. The molecular formula is C19H38N2O2. The Labute approximate surface area is 143 Å². The van der Waals surface area contributed by atoms with Gasteiger partial charge in [0.05, 0.1) is 0 Å². The van der Waals surface area contributed by atoms with Gasteiger partial charge in [-0.1, -0.05) is 27.7 Å². The summed E-state index contributed by atoms with van der Waals surface area (Å²) in [7, 11) is 0. The third-order valence-electron chi connectivity index (χ3n) is 4.85. The van der Waals surface area contributed by atoms with Gasteiger partial charge in [0, 0.05) is 18.6 Å². The number of carbonyl (C=O) groups excluding carboxylic acids is 1. The highest BCUT2D eigenvalue weighted by Gasteiger charge is 2.25. The molecule has 4 heteroatoms. The first-order chi connectivity index (χ1) is 10.6. The summed E-state index contributed by atoms with van der Waals surface area (Å²) in [5, 5.41) is 6.68. The Morgan fingerprint density at radius 2 is 1.65 bits per heavy atom. The lowest BCUT2D eigenvalue weighted by molar-refractivity contribution is 0.0488. The van der Waals surface area contributed by atoms with Crippen LogP contribution < -0.4 is 10.6 Å². The lowest BCUT2D eigenvalue weighted by Gasteiger charge is -2.33. The molecule has 0 saturated heterocycles. The molecule has 0 bridgehead atoms. The molecule has 0 aliphatic heterocycles. The molecular weight excluding hydrogens is 288 g/mol. The average Bonchev–Trinajstić information content (AvgIpc) is 2.41. The summed E-state index contributed by atoms with van der Waals surface area (Å²) in [6.45, 7) is 15.4. The fourth-order valence-corrected chi connectivity index (χ4v) is 3.20. The van der Waals surface area contributed by atoms with Crippen molar-refractivity contribution in [3.63, 3.8) is 0 Å². The number of amides is 1. The summed E-state index contributed by atoms with van der Waals surface area (Å²) in [4.78, 5) is 12.0. The van der Waals surface area contributed by atoms with Crippen LogP contribution in [-0.4, -0.2) is 30.3 Å². The summed E-state index contributed by atoms with van der Waals surface area (Å²) in [5.41, 5.74) is -0.450. The topological polar surface area (TPSA) is 50.4 Å². The van der Waals surface area contributed by atoms with Crippen LogP contribution in [0.3, 0.4) is 0 Å². The van der Waals surface area contributed by atoms with Crippen LogP contribution in [0, 0.1) is 17.8 Å². The molecule has 0 spiro atoms. The summed E-state index contributed by atoms with van der Waals surface area (Å²) < 4.78 is 5.37. The van der Waals surface area contributed by atoms with Gasteiger partial charge in [0.2, 0.25) is 0 Å². The highest BCUT2D eigenvalue weighted by molar-refractivity contribution is 5.68. The van der Waals surface area contributed by atoms with Gasteiger partial charge >= 0.3 is 6.09 Å². The molecule has 1 unspecified atom stereocenters. The number of alkyl carbamates (subject to hydrolysis) is 1. The van der Waals surface area contributed by atoms with Gasteiger partial charge in [-0.25, -0.2) is 4.79 Å². The van der Waals surface area contributed by atoms with Gasteiger partial charge in [-0.2, -0.15) is 0 Å². The smallest absolute Gasteiger partial charge is 0.407 e. The van der Waals surface area contributed by atoms with E-state index in [2.05, 4.69) is 38.3 Å². The molecule has 0 aromatic rings. The van der Waals surface area contributed by atoms with Crippen LogP contribution >= 0.6 is 0 Å². The molecule has 1 aliphatic rings. The third-order valence-corrected chi connectivity index (χ3v) is 4.85. The lowest BCUT2D eigenvalue weighted by Crippen LogP contribution is -2.49. The Balaban J connectivity index is 2.38. The van der Waals surface area contributed by atoms with Crippen LogP contribution in [0.4, 0.5) is 4.79 Å². The highest BCUT2D eigenvalue weighted by Crippen LogP contribution is 2.29. The number of rotatable bonds is 6. The van der Waals surface area contributed by atoms with Crippen molar-refractivity contribution in [1.29, 1.82) is 0 Å². The predicted molar refractivity (Wildman–Crippen MR) is 96.6 cm³/mol. The second-order valence-electron chi connectivity index (χ2n) is 8.76. The average molecular weight is 327 g/mol. The van der Waals surface area contributed by atoms with E-state index in [9.17, 15) is 4.79 Å². The van der Waals surface area contributed by atoms with Crippen LogP contribution in [0.2, 0.25) is 0 Å². The van der Waals surface area contributed by atoms with Crippen molar-refractivity contribution in [2.24, 2.45) is 17.8 Å². The molecule has 1 fully saturated rings. The number of nitrogens with one attached hydrogen (secondary N) is 2. The maximum Gasteiger partial charge on any atom is 0.407 e. The molecule has 0 aromatic carbocycles.